The van der Waals surface area contributed by atoms with Gasteiger partial charge in [0.05, 0.1) is 0 Å². The highest BCUT2D eigenvalue weighted by Crippen LogP contribution is 2.20. The zero-order valence-corrected chi connectivity index (χ0v) is 8.34. The standard InChI is InChI=1S/C10H9I/c11-10-6-5-8-3-1-2-4-9(8)7-10/h1,3,5-7H,2,4H2. The summed E-state index contributed by atoms with van der Waals surface area (Å²) in [5.74, 6) is 0. The van der Waals surface area contributed by atoms with E-state index in [0.29, 0.717) is 0 Å². The fourth-order valence-corrected chi connectivity index (χ4v) is 1.96. The highest BCUT2D eigenvalue weighted by molar-refractivity contribution is 14.1. The van der Waals surface area contributed by atoms with Gasteiger partial charge in [-0.1, -0.05) is 18.2 Å². The third-order valence-corrected chi connectivity index (χ3v) is 2.65. The summed E-state index contributed by atoms with van der Waals surface area (Å²) in [5, 5.41) is 0. The van der Waals surface area contributed by atoms with Crippen molar-refractivity contribution in [1.29, 1.82) is 0 Å². The second kappa shape index (κ2) is 2.97. The number of allylic oxidation sites excluding steroid dienone is 1. The molecule has 1 aromatic carbocycles. The van der Waals surface area contributed by atoms with Crippen LogP contribution in [-0.4, -0.2) is 0 Å². The van der Waals surface area contributed by atoms with E-state index in [2.05, 4.69) is 52.9 Å². The van der Waals surface area contributed by atoms with Crippen molar-refractivity contribution in [2.24, 2.45) is 0 Å². The van der Waals surface area contributed by atoms with E-state index in [9.17, 15) is 0 Å². The highest BCUT2D eigenvalue weighted by Gasteiger charge is 2.02. The molecule has 0 heterocycles. The van der Waals surface area contributed by atoms with Crippen molar-refractivity contribution in [3.05, 3.63) is 39.0 Å². The summed E-state index contributed by atoms with van der Waals surface area (Å²) >= 11 is 2.36. The first-order chi connectivity index (χ1) is 5.36. The van der Waals surface area contributed by atoms with E-state index in [1.807, 2.05) is 0 Å². The molecular formula is C10H9I. The lowest BCUT2D eigenvalue weighted by atomic mass is 9.98. The summed E-state index contributed by atoms with van der Waals surface area (Å²) in [5.41, 5.74) is 2.90. The molecule has 2 rings (SSSR count). The first-order valence-corrected chi connectivity index (χ1v) is 4.89. The number of rotatable bonds is 0. The number of fused-ring (bicyclic) bond motifs is 1. The fourth-order valence-electron chi connectivity index (χ4n) is 1.40. The van der Waals surface area contributed by atoms with Gasteiger partial charge in [-0.25, -0.2) is 0 Å². The zero-order chi connectivity index (χ0) is 7.68. The van der Waals surface area contributed by atoms with Crippen LogP contribution in [0.3, 0.4) is 0 Å². The van der Waals surface area contributed by atoms with Gasteiger partial charge in [-0.2, -0.15) is 0 Å². The number of halogens is 1. The van der Waals surface area contributed by atoms with Crippen LogP contribution in [-0.2, 0) is 6.42 Å². The molecule has 0 spiro atoms. The maximum Gasteiger partial charge on any atom is 0.0133 e. The van der Waals surface area contributed by atoms with Crippen molar-refractivity contribution in [2.45, 2.75) is 12.8 Å². The van der Waals surface area contributed by atoms with Gasteiger partial charge < -0.3 is 0 Å². The fraction of sp³-hybridized carbons (Fsp3) is 0.200. The van der Waals surface area contributed by atoms with Crippen molar-refractivity contribution in [3.63, 3.8) is 0 Å². The average molecular weight is 256 g/mol. The number of aryl methyl sites for hydroxylation is 1. The molecule has 0 nitrogen and oxygen atoms in total. The largest absolute Gasteiger partial charge is 0.0836 e. The maximum atomic E-state index is 2.36. The van der Waals surface area contributed by atoms with Crippen molar-refractivity contribution in [3.8, 4) is 0 Å². The Morgan fingerprint density at radius 2 is 2.18 bits per heavy atom. The predicted octanol–water partition coefficient (Wildman–Crippen LogP) is 3.25. The second-order valence-corrected chi connectivity index (χ2v) is 4.03. The molecule has 1 heteroatoms. The van der Waals surface area contributed by atoms with E-state index in [0.717, 1.165) is 0 Å². The average Bonchev–Trinajstić information content (AvgIpc) is 2.04. The molecule has 56 valence electrons. The van der Waals surface area contributed by atoms with Crippen LogP contribution in [0.2, 0.25) is 0 Å². The molecule has 1 aromatic rings. The van der Waals surface area contributed by atoms with Crippen LogP contribution < -0.4 is 0 Å². The van der Waals surface area contributed by atoms with Crippen LogP contribution in [0.25, 0.3) is 6.08 Å². The van der Waals surface area contributed by atoms with Gasteiger partial charge in [-0.15, -0.1) is 0 Å². The predicted molar refractivity (Wildman–Crippen MR) is 56.5 cm³/mol. The maximum absolute atomic E-state index is 2.36. The first kappa shape index (κ1) is 7.35. The Bertz CT molecular complexity index is 300. The first-order valence-electron chi connectivity index (χ1n) is 3.81. The summed E-state index contributed by atoms with van der Waals surface area (Å²) < 4.78 is 1.34. The van der Waals surface area contributed by atoms with E-state index in [-0.39, 0.29) is 0 Å². The van der Waals surface area contributed by atoms with Crippen LogP contribution in [0.4, 0.5) is 0 Å². The Kier molecular flexibility index (Phi) is 1.98. The number of benzene rings is 1. The molecule has 0 aliphatic heterocycles. The van der Waals surface area contributed by atoms with Gasteiger partial charge in [0, 0.05) is 3.57 Å². The molecular weight excluding hydrogens is 247 g/mol. The van der Waals surface area contributed by atoms with Crippen molar-refractivity contribution in [2.75, 3.05) is 0 Å². The number of hydrogen-bond donors (Lipinski definition) is 0. The van der Waals surface area contributed by atoms with Crippen molar-refractivity contribution < 1.29 is 0 Å². The molecule has 0 aromatic heterocycles. The number of hydrogen-bond acceptors (Lipinski definition) is 0. The SMILES string of the molecule is Ic1ccc2c(c1)CCC=C2. The van der Waals surface area contributed by atoms with E-state index in [1.165, 1.54) is 27.5 Å². The van der Waals surface area contributed by atoms with Gasteiger partial charge in [0.25, 0.3) is 0 Å². The Labute approximate surface area is 80.5 Å². The molecule has 0 bridgehead atoms. The third-order valence-electron chi connectivity index (χ3n) is 1.98. The third kappa shape index (κ3) is 1.48. The van der Waals surface area contributed by atoms with E-state index >= 15 is 0 Å². The molecule has 0 N–H and O–H groups in total. The summed E-state index contributed by atoms with van der Waals surface area (Å²) in [6.07, 6.45) is 6.87. The minimum Gasteiger partial charge on any atom is -0.0836 e. The topological polar surface area (TPSA) is 0 Å². The summed E-state index contributed by atoms with van der Waals surface area (Å²) in [6.45, 7) is 0. The van der Waals surface area contributed by atoms with Crippen LogP contribution in [0.15, 0.2) is 24.3 Å². The lowest BCUT2D eigenvalue weighted by Gasteiger charge is -2.09. The minimum atomic E-state index is 1.20. The second-order valence-electron chi connectivity index (χ2n) is 2.78. The summed E-state index contributed by atoms with van der Waals surface area (Å²) in [7, 11) is 0. The monoisotopic (exact) mass is 256 g/mol. The van der Waals surface area contributed by atoms with Gasteiger partial charge in [0.1, 0.15) is 0 Å². The lowest BCUT2D eigenvalue weighted by molar-refractivity contribution is 0.984. The smallest absolute Gasteiger partial charge is 0.0133 e. The van der Waals surface area contributed by atoms with Crippen molar-refractivity contribution in [1.82, 2.24) is 0 Å². The van der Waals surface area contributed by atoms with Gasteiger partial charge in [-0.05, 0) is 58.7 Å². The molecule has 0 unspecified atom stereocenters. The highest BCUT2D eigenvalue weighted by atomic mass is 127. The zero-order valence-electron chi connectivity index (χ0n) is 6.18. The molecule has 0 amide bonds. The van der Waals surface area contributed by atoms with Crippen LogP contribution >= 0.6 is 22.6 Å². The molecule has 0 saturated heterocycles. The Hall–Kier alpha value is -0.310. The Morgan fingerprint density at radius 1 is 1.27 bits per heavy atom. The van der Waals surface area contributed by atoms with E-state index in [4.69, 9.17) is 0 Å². The Morgan fingerprint density at radius 3 is 3.09 bits per heavy atom. The van der Waals surface area contributed by atoms with Crippen LogP contribution in [0, 0.1) is 3.57 Å². The van der Waals surface area contributed by atoms with Gasteiger partial charge in [-0.3, -0.25) is 0 Å². The molecule has 1 aliphatic carbocycles. The quantitative estimate of drug-likeness (QED) is 0.625. The molecule has 0 fully saturated rings. The van der Waals surface area contributed by atoms with Crippen LogP contribution in [0.1, 0.15) is 17.5 Å². The molecule has 0 saturated carbocycles. The van der Waals surface area contributed by atoms with Gasteiger partial charge in [0.15, 0.2) is 0 Å². The van der Waals surface area contributed by atoms with Gasteiger partial charge >= 0.3 is 0 Å². The lowest BCUT2D eigenvalue weighted by Crippen LogP contribution is -1.93. The summed E-state index contributed by atoms with van der Waals surface area (Å²) in [6, 6.07) is 6.64. The van der Waals surface area contributed by atoms with Gasteiger partial charge in [0.2, 0.25) is 0 Å². The normalized spacial score (nSPS) is 14.6. The summed E-state index contributed by atoms with van der Waals surface area (Å²) in [4.78, 5) is 0. The molecule has 11 heavy (non-hydrogen) atoms. The van der Waals surface area contributed by atoms with Crippen LogP contribution in [0.5, 0.6) is 0 Å². The van der Waals surface area contributed by atoms with E-state index in [1.54, 1.807) is 0 Å². The van der Waals surface area contributed by atoms with Crippen molar-refractivity contribution >= 4 is 28.7 Å². The molecule has 0 atom stereocenters. The molecule has 0 radical (unpaired) electrons. The van der Waals surface area contributed by atoms with E-state index < -0.39 is 0 Å². The molecule has 1 aliphatic rings. The Balaban J connectivity index is 2.53. The minimum absolute atomic E-state index is 1.20.